The Morgan fingerprint density at radius 3 is 2.44 bits per heavy atom. The van der Waals surface area contributed by atoms with Gasteiger partial charge in [0.2, 0.25) is 5.91 Å². The monoisotopic (exact) mass is 768 g/mol. The molecule has 0 aliphatic heterocycles. The number of hydrogen-bond donors (Lipinski definition) is 1. The molecule has 1 fully saturated rings. The lowest BCUT2D eigenvalue weighted by Crippen LogP contribution is -2.40. The highest BCUT2D eigenvalue weighted by atomic mass is 79.9. The minimum absolute atomic E-state index is 0.0405. The molecule has 0 saturated heterocycles. The molecular weight excluding hydrogens is 734 g/mol. The number of esters is 1. The number of aromatic nitrogens is 1. The summed E-state index contributed by atoms with van der Waals surface area (Å²) in [5.41, 5.74) is -2.22. The van der Waals surface area contributed by atoms with Gasteiger partial charge >= 0.3 is 12.1 Å². The summed E-state index contributed by atoms with van der Waals surface area (Å²) in [4.78, 5) is 39.8. The molecule has 0 unspecified atom stereocenters. The number of nitrogens with one attached hydrogen (secondary N) is 1. The third-order valence-corrected chi connectivity index (χ3v) is 8.68. The fraction of sp³-hybridized carbons (Fsp3) is 0.361. The maximum Gasteiger partial charge on any atom is 0.417 e. The van der Waals surface area contributed by atoms with E-state index in [0.29, 0.717) is 25.0 Å². The van der Waals surface area contributed by atoms with Crippen molar-refractivity contribution in [2.45, 2.75) is 69.8 Å². The molecule has 1 aromatic heterocycles. The van der Waals surface area contributed by atoms with Crippen molar-refractivity contribution in [3.05, 3.63) is 116 Å². The van der Waals surface area contributed by atoms with Crippen LogP contribution in [0.3, 0.4) is 0 Å². The number of halogens is 7. The molecule has 7 nitrogen and oxygen atoms in total. The Balaban J connectivity index is 1.86. The van der Waals surface area contributed by atoms with Crippen molar-refractivity contribution in [2.75, 3.05) is 13.2 Å². The number of carbonyl (C=O) groups is 2. The van der Waals surface area contributed by atoms with Gasteiger partial charge < -0.3 is 19.4 Å². The third-order valence-electron chi connectivity index (χ3n) is 8.05. The summed E-state index contributed by atoms with van der Waals surface area (Å²) >= 11 is 2.83. The Hall–Kier alpha value is -4.17. The first kappa shape index (κ1) is 38.6. The van der Waals surface area contributed by atoms with E-state index in [1.54, 1.807) is 6.92 Å². The molecule has 1 aliphatic rings. The average Bonchev–Trinajstić information content (AvgIpc) is 3.88. The number of nitrogens with zero attached hydrogens (tertiary/aromatic N) is 1. The van der Waals surface area contributed by atoms with Gasteiger partial charge in [-0.15, -0.1) is 13.2 Å². The second-order valence-corrected chi connectivity index (χ2v) is 12.6. The van der Waals surface area contributed by atoms with Crippen LogP contribution >= 0.6 is 15.9 Å². The van der Waals surface area contributed by atoms with Crippen LogP contribution < -0.4 is 10.9 Å². The smallest absolute Gasteiger partial charge is 0.417 e. The number of amides is 1. The van der Waals surface area contributed by atoms with Crippen molar-refractivity contribution in [1.82, 2.24) is 9.88 Å². The quantitative estimate of drug-likeness (QED) is 0.0683. The molecule has 1 amide bonds. The lowest BCUT2D eigenvalue weighted by atomic mass is 9.90. The molecule has 0 bridgehead atoms. The Bertz CT molecular complexity index is 1820. The van der Waals surface area contributed by atoms with Gasteiger partial charge in [-0.2, -0.15) is 13.2 Å². The highest BCUT2D eigenvalue weighted by Crippen LogP contribution is 2.45. The second-order valence-electron chi connectivity index (χ2n) is 11.7. The van der Waals surface area contributed by atoms with E-state index in [1.807, 2.05) is 0 Å². The number of benzene rings is 2. The summed E-state index contributed by atoms with van der Waals surface area (Å²) in [5, 5.41) is 2.61. The number of carbonyl (C=O) groups excluding carboxylic acids is 2. The van der Waals surface area contributed by atoms with Crippen molar-refractivity contribution in [2.24, 2.45) is 0 Å². The van der Waals surface area contributed by atoms with Crippen LogP contribution in [-0.4, -0.2) is 29.7 Å². The highest BCUT2D eigenvalue weighted by molar-refractivity contribution is 9.10. The van der Waals surface area contributed by atoms with Gasteiger partial charge in [0.25, 0.3) is 5.56 Å². The van der Waals surface area contributed by atoms with Crippen LogP contribution in [0.15, 0.2) is 71.1 Å². The van der Waals surface area contributed by atoms with Crippen LogP contribution in [0.4, 0.5) is 26.3 Å². The molecule has 3 aromatic rings. The van der Waals surface area contributed by atoms with Crippen molar-refractivity contribution in [3.8, 4) is 11.1 Å². The molecule has 1 aliphatic carbocycles. The van der Waals surface area contributed by atoms with E-state index in [9.17, 15) is 31.9 Å². The highest BCUT2D eigenvalue weighted by Gasteiger charge is 2.36. The predicted molar refractivity (Wildman–Crippen MR) is 178 cm³/mol. The number of rotatable bonds is 16. The van der Waals surface area contributed by atoms with Crippen LogP contribution in [0.25, 0.3) is 11.1 Å². The molecule has 1 heterocycles. The number of pyridine rings is 1. The molecule has 4 rings (SSSR count). The van der Waals surface area contributed by atoms with E-state index < -0.39 is 69.6 Å². The maximum atomic E-state index is 16.4. The Morgan fingerprint density at radius 1 is 1.10 bits per heavy atom. The minimum atomic E-state index is -4.86. The van der Waals surface area contributed by atoms with Crippen molar-refractivity contribution in [3.63, 3.8) is 0 Å². The van der Waals surface area contributed by atoms with E-state index >= 15 is 8.78 Å². The first-order valence-electron chi connectivity index (χ1n) is 15.8. The number of alkyl halides is 3. The molecular formula is C36H35BrF6N2O5. The van der Waals surface area contributed by atoms with Crippen LogP contribution in [0, 0.1) is 17.5 Å². The third kappa shape index (κ3) is 9.33. The summed E-state index contributed by atoms with van der Waals surface area (Å²) in [6.45, 7) is 8.54. The van der Waals surface area contributed by atoms with E-state index in [2.05, 4.69) is 34.4 Å². The van der Waals surface area contributed by atoms with Gasteiger partial charge in [-0.05, 0) is 89.3 Å². The molecule has 0 spiro atoms. The van der Waals surface area contributed by atoms with Crippen LogP contribution in [0.2, 0.25) is 0 Å². The summed E-state index contributed by atoms with van der Waals surface area (Å²) in [6, 6.07) is 1.95. The summed E-state index contributed by atoms with van der Waals surface area (Å²) in [7, 11) is 0. The molecule has 1 N–H and O–H groups in total. The fourth-order valence-electron chi connectivity index (χ4n) is 5.62. The molecule has 0 radical (unpaired) electrons. The van der Waals surface area contributed by atoms with E-state index in [1.165, 1.54) is 24.3 Å². The zero-order valence-electron chi connectivity index (χ0n) is 27.1. The number of ether oxygens (including phenoxy) is 2. The second kappa shape index (κ2) is 16.7. The van der Waals surface area contributed by atoms with Crippen LogP contribution in [0.5, 0.6) is 0 Å². The molecule has 50 heavy (non-hydrogen) atoms. The first-order chi connectivity index (χ1) is 23.7. The zero-order valence-corrected chi connectivity index (χ0v) is 28.6. The zero-order chi connectivity index (χ0) is 36.7. The largest absolute Gasteiger partial charge is 0.466 e. The molecule has 268 valence electrons. The molecule has 14 heteroatoms. The van der Waals surface area contributed by atoms with Gasteiger partial charge in [0.05, 0.1) is 37.8 Å². The van der Waals surface area contributed by atoms with Gasteiger partial charge in [0.15, 0.2) is 0 Å². The predicted octanol–water partition coefficient (Wildman–Crippen LogP) is 8.61. The van der Waals surface area contributed by atoms with Crippen molar-refractivity contribution in [1.29, 1.82) is 0 Å². The van der Waals surface area contributed by atoms with E-state index in [0.717, 1.165) is 16.8 Å². The average molecular weight is 770 g/mol. The SMILES string of the molecule is C=CCC[C@@H](C(=O)N[C@@H](CC(=O)OCC)c1cc(-c2c(F)cc(F)cc2COCC=C)cc(C2CC2)c1F)n1cc(Br)c(C(F)(F)F)cc1=O. The van der Waals surface area contributed by atoms with Crippen molar-refractivity contribution >= 4 is 27.8 Å². The van der Waals surface area contributed by atoms with Gasteiger partial charge in [-0.3, -0.25) is 14.4 Å². The lowest BCUT2D eigenvalue weighted by molar-refractivity contribution is -0.144. The van der Waals surface area contributed by atoms with Gasteiger partial charge in [0.1, 0.15) is 23.5 Å². The summed E-state index contributed by atoms with van der Waals surface area (Å²) in [5.74, 6) is -4.58. The molecule has 1 saturated carbocycles. The van der Waals surface area contributed by atoms with E-state index in [-0.39, 0.29) is 66.4 Å². The first-order valence-corrected chi connectivity index (χ1v) is 16.5. The number of hydrogen-bond acceptors (Lipinski definition) is 5. The topological polar surface area (TPSA) is 86.6 Å². The summed E-state index contributed by atoms with van der Waals surface area (Å²) < 4.78 is 97.7. The van der Waals surface area contributed by atoms with Crippen LogP contribution in [0.1, 0.15) is 79.3 Å². The number of allylic oxidation sites excluding steroid dienone is 1. The Kier molecular flexibility index (Phi) is 12.9. The standard InChI is InChI=1S/C36H35BrF6N2O5/c1-4-7-8-30(45-18-27(37)26(16-31(45)46)36(41,42)43)35(48)44-29(17-32(47)50-6-3)25-14-21(13-24(34(25)40)20-9-10-20)33-22(19-49-11-5-2)12-23(38)15-28(33)39/h4-5,12-16,18,20,29-30H,1-2,6-11,17,19H2,3H3,(H,44,48)/t29-,30-/m0/s1. The van der Waals surface area contributed by atoms with Crippen LogP contribution in [-0.2, 0) is 31.8 Å². The van der Waals surface area contributed by atoms with Gasteiger partial charge in [-0.1, -0.05) is 12.2 Å². The lowest BCUT2D eigenvalue weighted by Gasteiger charge is -2.26. The van der Waals surface area contributed by atoms with E-state index in [4.69, 9.17) is 9.47 Å². The summed E-state index contributed by atoms with van der Waals surface area (Å²) in [6.07, 6.45) is -0.409. The van der Waals surface area contributed by atoms with Gasteiger partial charge in [0, 0.05) is 33.9 Å². The Labute approximate surface area is 293 Å². The molecule has 2 aromatic carbocycles. The Morgan fingerprint density at radius 2 is 1.82 bits per heavy atom. The maximum absolute atomic E-state index is 16.4. The molecule has 2 atom stereocenters. The van der Waals surface area contributed by atoms with Crippen molar-refractivity contribution < 1.29 is 45.4 Å². The minimum Gasteiger partial charge on any atom is -0.466 e. The fourth-order valence-corrected chi connectivity index (χ4v) is 6.18. The van der Waals surface area contributed by atoms with Gasteiger partial charge in [-0.25, -0.2) is 13.2 Å². The normalized spacial score (nSPS) is 14.2.